The largest absolute Gasteiger partial charge is 0.457 e. The van der Waals surface area contributed by atoms with Crippen molar-refractivity contribution in [1.82, 2.24) is 0 Å². The number of hydrogen-bond acceptors (Lipinski definition) is 2. The summed E-state index contributed by atoms with van der Waals surface area (Å²) in [7, 11) is 0. The van der Waals surface area contributed by atoms with Gasteiger partial charge < -0.3 is 16.2 Å². The van der Waals surface area contributed by atoms with Crippen molar-refractivity contribution < 1.29 is 4.74 Å². The third kappa shape index (κ3) is 4.35. The maximum atomic E-state index is 5.71. The maximum absolute atomic E-state index is 5.71. The summed E-state index contributed by atoms with van der Waals surface area (Å²) in [6.07, 6.45) is 0.809. The van der Waals surface area contributed by atoms with Gasteiger partial charge in [0.1, 0.15) is 11.5 Å². The fourth-order valence-electron chi connectivity index (χ4n) is 1.66. The molecule has 0 saturated carbocycles. The number of guanidine groups is 1. The topological polar surface area (TPSA) is 73.6 Å². The van der Waals surface area contributed by atoms with Gasteiger partial charge in [-0.15, -0.1) is 0 Å². The Labute approximate surface area is 112 Å². The van der Waals surface area contributed by atoms with Gasteiger partial charge in [0.2, 0.25) is 0 Å². The Balaban J connectivity index is 1.93. The van der Waals surface area contributed by atoms with E-state index in [-0.39, 0.29) is 5.96 Å². The van der Waals surface area contributed by atoms with E-state index in [0.29, 0.717) is 6.54 Å². The molecule has 0 unspecified atom stereocenters. The first-order chi connectivity index (χ1) is 9.24. The zero-order valence-corrected chi connectivity index (χ0v) is 10.6. The van der Waals surface area contributed by atoms with Crippen molar-refractivity contribution in [2.45, 2.75) is 6.42 Å². The van der Waals surface area contributed by atoms with E-state index in [4.69, 9.17) is 16.2 Å². The molecule has 0 amide bonds. The quantitative estimate of drug-likeness (QED) is 0.636. The molecule has 4 N–H and O–H groups in total. The van der Waals surface area contributed by atoms with Crippen molar-refractivity contribution in [2.24, 2.45) is 16.5 Å². The first kappa shape index (κ1) is 13.0. The van der Waals surface area contributed by atoms with Crippen molar-refractivity contribution in [3.63, 3.8) is 0 Å². The predicted molar refractivity (Wildman–Crippen MR) is 77.3 cm³/mol. The minimum Gasteiger partial charge on any atom is -0.457 e. The van der Waals surface area contributed by atoms with E-state index >= 15 is 0 Å². The highest BCUT2D eigenvalue weighted by Gasteiger charge is 1.97. The number of nitrogens with two attached hydrogens (primary N) is 2. The molecule has 0 aliphatic rings. The monoisotopic (exact) mass is 255 g/mol. The van der Waals surface area contributed by atoms with Crippen LogP contribution in [0.4, 0.5) is 0 Å². The molecule has 0 radical (unpaired) electrons. The zero-order chi connectivity index (χ0) is 13.5. The molecule has 0 bridgehead atoms. The van der Waals surface area contributed by atoms with E-state index in [1.165, 1.54) is 5.56 Å². The first-order valence-electron chi connectivity index (χ1n) is 6.11. The van der Waals surface area contributed by atoms with Crippen molar-refractivity contribution in [1.29, 1.82) is 0 Å². The fraction of sp³-hybridized carbons (Fsp3) is 0.133. The molecule has 0 saturated heterocycles. The summed E-state index contributed by atoms with van der Waals surface area (Å²) in [6, 6.07) is 17.6. The van der Waals surface area contributed by atoms with Crippen LogP contribution in [0.3, 0.4) is 0 Å². The molecule has 19 heavy (non-hydrogen) atoms. The summed E-state index contributed by atoms with van der Waals surface area (Å²) in [5.41, 5.74) is 11.7. The number of nitrogens with zero attached hydrogens (tertiary/aromatic N) is 1. The molecule has 0 spiro atoms. The molecule has 0 aromatic heterocycles. The van der Waals surface area contributed by atoms with Gasteiger partial charge in [-0.05, 0) is 36.2 Å². The van der Waals surface area contributed by atoms with Crippen LogP contribution >= 0.6 is 0 Å². The van der Waals surface area contributed by atoms with Crippen molar-refractivity contribution in [3.8, 4) is 11.5 Å². The molecule has 4 heteroatoms. The van der Waals surface area contributed by atoms with Gasteiger partial charge >= 0.3 is 0 Å². The Morgan fingerprint density at radius 2 is 1.53 bits per heavy atom. The maximum Gasteiger partial charge on any atom is 0.185 e. The van der Waals surface area contributed by atoms with Crippen LogP contribution in [0.1, 0.15) is 5.56 Å². The highest BCUT2D eigenvalue weighted by atomic mass is 16.5. The van der Waals surface area contributed by atoms with Gasteiger partial charge in [-0.3, -0.25) is 4.99 Å². The van der Waals surface area contributed by atoms with E-state index in [1.54, 1.807) is 0 Å². The van der Waals surface area contributed by atoms with E-state index in [9.17, 15) is 0 Å². The van der Waals surface area contributed by atoms with Gasteiger partial charge in [-0.25, -0.2) is 0 Å². The van der Waals surface area contributed by atoms with E-state index in [2.05, 4.69) is 4.99 Å². The highest BCUT2D eigenvalue weighted by molar-refractivity contribution is 5.75. The van der Waals surface area contributed by atoms with Crippen LogP contribution in [0.2, 0.25) is 0 Å². The van der Waals surface area contributed by atoms with Crippen LogP contribution in [-0.4, -0.2) is 12.5 Å². The van der Waals surface area contributed by atoms with Crippen molar-refractivity contribution >= 4 is 5.96 Å². The average Bonchev–Trinajstić information content (AvgIpc) is 2.42. The zero-order valence-electron chi connectivity index (χ0n) is 10.6. The van der Waals surface area contributed by atoms with E-state index in [0.717, 1.165) is 17.9 Å². The first-order valence-corrected chi connectivity index (χ1v) is 6.11. The van der Waals surface area contributed by atoms with Gasteiger partial charge in [0, 0.05) is 6.54 Å². The molecule has 4 nitrogen and oxygen atoms in total. The number of hydrogen-bond donors (Lipinski definition) is 2. The SMILES string of the molecule is NC(N)=NCCc1ccc(Oc2ccccc2)cc1. The Bertz CT molecular complexity index is 531. The molecule has 2 rings (SSSR count). The second-order valence-electron chi connectivity index (χ2n) is 4.12. The summed E-state index contributed by atoms with van der Waals surface area (Å²) in [6.45, 7) is 0.598. The minimum absolute atomic E-state index is 0.129. The van der Waals surface area contributed by atoms with Crippen LogP contribution in [0.5, 0.6) is 11.5 Å². The molecular weight excluding hydrogens is 238 g/mol. The Hall–Kier alpha value is -2.49. The van der Waals surface area contributed by atoms with Crippen LogP contribution in [-0.2, 0) is 6.42 Å². The molecule has 2 aromatic rings. The van der Waals surface area contributed by atoms with Gasteiger partial charge in [-0.2, -0.15) is 0 Å². The van der Waals surface area contributed by atoms with Gasteiger partial charge in [0.15, 0.2) is 5.96 Å². The van der Waals surface area contributed by atoms with Crippen LogP contribution in [0.15, 0.2) is 59.6 Å². The number of aliphatic imine (C=N–C) groups is 1. The van der Waals surface area contributed by atoms with Crippen LogP contribution in [0.25, 0.3) is 0 Å². The number of benzene rings is 2. The molecule has 2 aromatic carbocycles. The smallest absolute Gasteiger partial charge is 0.185 e. The standard InChI is InChI=1S/C15H17N3O/c16-15(17)18-11-10-12-6-8-14(9-7-12)19-13-4-2-1-3-5-13/h1-9H,10-11H2,(H4,16,17,18). The summed E-state index contributed by atoms with van der Waals surface area (Å²) >= 11 is 0. The van der Waals surface area contributed by atoms with Gasteiger partial charge in [-0.1, -0.05) is 30.3 Å². The lowest BCUT2D eigenvalue weighted by Gasteiger charge is -2.06. The third-order valence-corrected chi connectivity index (χ3v) is 2.60. The summed E-state index contributed by atoms with van der Waals surface area (Å²) < 4.78 is 5.71. The van der Waals surface area contributed by atoms with Gasteiger partial charge in [0.25, 0.3) is 0 Å². The van der Waals surface area contributed by atoms with Crippen molar-refractivity contribution in [2.75, 3.05) is 6.54 Å². The normalized spacial score (nSPS) is 9.89. The predicted octanol–water partition coefficient (Wildman–Crippen LogP) is 2.29. The second kappa shape index (κ2) is 6.44. The van der Waals surface area contributed by atoms with Crippen LogP contribution < -0.4 is 16.2 Å². The number of rotatable bonds is 5. The highest BCUT2D eigenvalue weighted by Crippen LogP contribution is 2.21. The average molecular weight is 255 g/mol. The Kier molecular flexibility index (Phi) is 4.39. The summed E-state index contributed by atoms with van der Waals surface area (Å²) in [4.78, 5) is 3.95. The fourth-order valence-corrected chi connectivity index (χ4v) is 1.66. The molecule has 98 valence electrons. The summed E-state index contributed by atoms with van der Waals surface area (Å²) in [5.74, 6) is 1.77. The Morgan fingerprint density at radius 1 is 0.895 bits per heavy atom. The molecule has 0 fully saturated rings. The number of para-hydroxylation sites is 1. The van der Waals surface area contributed by atoms with E-state index in [1.807, 2.05) is 54.6 Å². The van der Waals surface area contributed by atoms with Gasteiger partial charge in [0.05, 0.1) is 0 Å². The second-order valence-corrected chi connectivity index (χ2v) is 4.12. The lowest BCUT2D eigenvalue weighted by molar-refractivity contribution is 0.482. The molecule has 0 aliphatic heterocycles. The molecular formula is C15H17N3O. The van der Waals surface area contributed by atoms with Crippen LogP contribution in [0, 0.1) is 0 Å². The summed E-state index contributed by atoms with van der Waals surface area (Å²) in [5, 5.41) is 0. The van der Waals surface area contributed by atoms with E-state index < -0.39 is 0 Å². The minimum atomic E-state index is 0.129. The number of ether oxygens (including phenoxy) is 1. The molecule has 0 heterocycles. The Morgan fingerprint density at radius 3 is 2.16 bits per heavy atom. The lowest BCUT2D eigenvalue weighted by atomic mass is 10.1. The molecule has 0 aliphatic carbocycles. The van der Waals surface area contributed by atoms with Crippen molar-refractivity contribution in [3.05, 3.63) is 60.2 Å². The molecule has 0 atom stereocenters. The third-order valence-electron chi connectivity index (χ3n) is 2.60. The lowest BCUT2D eigenvalue weighted by Crippen LogP contribution is -2.23.